The molecule has 6 heteroatoms. The molecular weight excluding hydrogens is 458 g/mol. The summed E-state index contributed by atoms with van der Waals surface area (Å²) in [5.41, 5.74) is 7.07. The van der Waals surface area contributed by atoms with Crippen molar-refractivity contribution in [3.05, 3.63) is 112 Å². The lowest BCUT2D eigenvalue weighted by molar-refractivity contribution is 0.0908. The van der Waals surface area contributed by atoms with Crippen molar-refractivity contribution >= 4 is 11.6 Å². The van der Waals surface area contributed by atoms with Gasteiger partial charge in [-0.15, -0.1) is 0 Å². The van der Waals surface area contributed by atoms with Crippen molar-refractivity contribution < 1.29 is 4.79 Å². The van der Waals surface area contributed by atoms with Crippen LogP contribution in [0.25, 0.3) is 4.85 Å². The number of amides is 1. The third-order valence-electron chi connectivity index (χ3n) is 7.44. The lowest BCUT2D eigenvalue weighted by Crippen LogP contribution is -2.44. The Morgan fingerprint density at radius 1 is 0.919 bits per heavy atom. The van der Waals surface area contributed by atoms with E-state index in [1.165, 1.54) is 22.3 Å². The van der Waals surface area contributed by atoms with Gasteiger partial charge in [0.2, 0.25) is 0 Å². The van der Waals surface area contributed by atoms with Crippen molar-refractivity contribution in [1.29, 1.82) is 5.26 Å². The molecule has 0 unspecified atom stereocenters. The molecule has 3 aromatic carbocycles. The monoisotopic (exact) mass is 489 g/mol. The molecule has 2 heterocycles. The molecule has 6 nitrogen and oxygen atoms in total. The molecule has 5 rings (SSSR count). The Morgan fingerprint density at radius 2 is 1.59 bits per heavy atom. The van der Waals surface area contributed by atoms with Gasteiger partial charge in [0.1, 0.15) is 0 Å². The van der Waals surface area contributed by atoms with Crippen LogP contribution in [0, 0.1) is 17.9 Å². The van der Waals surface area contributed by atoms with Gasteiger partial charge in [-0.3, -0.25) is 14.6 Å². The number of piperidine rings is 1. The van der Waals surface area contributed by atoms with Crippen LogP contribution in [0.3, 0.4) is 0 Å². The average Bonchev–Trinajstić information content (AvgIpc) is 2.94. The third kappa shape index (κ3) is 6.24. The van der Waals surface area contributed by atoms with Crippen LogP contribution in [0.4, 0.5) is 5.69 Å². The van der Waals surface area contributed by atoms with Crippen LogP contribution in [0.15, 0.2) is 66.7 Å². The first-order valence-corrected chi connectivity index (χ1v) is 12.9. The number of hydrogen-bond acceptors (Lipinski definition) is 4. The molecule has 0 bridgehead atoms. The predicted octanol–water partition coefficient (Wildman–Crippen LogP) is 5.06. The van der Waals surface area contributed by atoms with Crippen LogP contribution in [-0.2, 0) is 26.1 Å². The van der Waals surface area contributed by atoms with E-state index in [9.17, 15) is 4.79 Å². The smallest absolute Gasteiger partial charge is 0.251 e. The summed E-state index contributed by atoms with van der Waals surface area (Å²) in [4.78, 5) is 21.4. The maximum Gasteiger partial charge on any atom is 0.251 e. The number of carbonyl (C=O) groups is 1. The molecule has 186 valence electrons. The SMILES string of the molecule is [C-]#[N+]c1ccc(CN2CCc3ccc(C(=O)NC4CCN(Cc5ccc(C#N)cc5)CC4)cc3C2)cc1. The van der Waals surface area contributed by atoms with Crippen LogP contribution in [-0.4, -0.2) is 41.4 Å². The van der Waals surface area contributed by atoms with Crippen LogP contribution in [0.5, 0.6) is 0 Å². The van der Waals surface area contributed by atoms with Crippen molar-refractivity contribution in [3.8, 4) is 6.07 Å². The van der Waals surface area contributed by atoms with E-state index in [1.54, 1.807) is 0 Å². The molecule has 1 amide bonds. The summed E-state index contributed by atoms with van der Waals surface area (Å²) < 4.78 is 0. The predicted molar refractivity (Wildman–Crippen MR) is 144 cm³/mol. The van der Waals surface area contributed by atoms with Crippen molar-refractivity contribution in [1.82, 2.24) is 15.1 Å². The maximum atomic E-state index is 13.1. The zero-order valence-corrected chi connectivity index (χ0v) is 21.0. The fourth-order valence-corrected chi connectivity index (χ4v) is 5.27. The summed E-state index contributed by atoms with van der Waals surface area (Å²) in [6.45, 7) is 12.5. The number of carbonyl (C=O) groups excluding carboxylic acids is 1. The molecule has 1 fully saturated rings. The minimum atomic E-state index is 0.0141. The Labute approximate surface area is 219 Å². The van der Waals surface area contributed by atoms with Crippen LogP contribution < -0.4 is 5.32 Å². The highest BCUT2D eigenvalue weighted by atomic mass is 16.1. The van der Waals surface area contributed by atoms with E-state index in [0.717, 1.165) is 64.1 Å². The summed E-state index contributed by atoms with van der Waals surface area (Å²) >= 11 is 0. The first-order chi connectivity index (χ1) is 18.1. The first kappa shape index (κ1) is 24.7. The molecule has 0 radical (unpaired) electrons. The number of likely N-dealkylation sites (tertiary alicyclic amines) is 1. The van der Waals surface area contributed by atoms with E-state index in [2.05, 4.69) is 38.2 Å². The Bertz CT molecular complexity index is 1330. The molecule has 0 atom stereocenters. The fraction of sp³-hybridized carbons (Fsp3) is 0.323. The minimum Gasteiger partial charge on any atom is -0.349 e. The number of nitrogens with one attached hydrogen (secondary N) is 1. The molecule has 2 aliphatic rings. The number of nitriles is 1. The van der Waals surface area contributed by atoms with E-state index in [4.69, 9.17) is 11.8 Å². The molecule has 2 aliphatic heterocycles. The number of fused-ring (bicyclic) bond motifs is 1. The van der Waals surface area contributed by atoms with E-state index >= 15 is 0 Å². The second kappa shape index (κ2) is 11.4. The van der Waals surface area contributed by atoms with E-state index in [-0.39, 0.29) is 11.9 Å². The van der Waals surface area contributed by atoms with Gasteiger partial charge in [-0.25, -0.2) is 4.85 Å². The molecule has 0 saturated carbocycles. The van der Waals surface area contributed by atoms with Crippen molar-refractivity contribution in [2.24, 2.45) is 0 Å². The van der Waals surface area contributed by atoms with Crippen LogP contribution >= 0.6 is 0 Å². The zero-order valence-electron chi connectivity index (χ0n) is 21.0. The lowest BCUT2D eigenvalue weighted by Gasteiger charge is -2.32. The quantitative estimate of drug-likeness (QED) is 0.492. The van der Waals surface area contributed by atoms with Gasteiger partial charge in [0.15, 0.2) is 5.69 Å². The van der Waals surface area contributed by atoms with E-state index in [1.807, 2.05) is 54.6 Å². The summed E-state index contributed by atoms with van der Waals surface area (Å²) in [6, 6.07) is 24.1. The number of benzene rings is 3. The van der Waals surface area contributed by atoms with Gasteiger partial charge < -0.3 is 5.32 Å². The molecule has 0 spiro atoms. The van der Waals surface area contributed by atoms with E-state index in [0.29, 0.717) is 11.3 Å². The summed E-state index contributed by atoms with van der Waals surface area (Å²) in [5.74, 6) is 0.0141. The average molecular weight is 490 g/mol. The van der Waals surface area contributed by atoms with Gasteiger partial charge in [0.25, 0.3) is 5.91 Å². The molecule has 0 aliphatic carbocycles. The second-order valence-electron chi connectivity index (χ2n) is 10.1. The topological polar surface area (TPSA) is 63.7 Å². The summed E-state index contributed by atoms with van der Waals surface area (Å²) in [6.07, 6.45) is 2.86. The highest BCUT2D eigenvalue weighted by Gasteiger charge is 2.23. The summed E-state index contributed by atoms with van der Waals surface area (Å²) in [5, 5.41) is 12.2. The van der Waals surface area contributed by atoms with Gasteiger partial charge in [0, 0.05) is 50.9 Å². The van der Waals surface area contributed by atoms with Crippen molar-refractivity contribution in [2.75, 3.05) is 19.6 Å². The normalized spacial score (nSPS) is 16.4. The van der Waals surface area contributed by atoms with E-state index < -0.39 is 0 Å². The standard InChI is InChI=1S/C31H31N5O/c1-33-29-10-6-25(7-11-29)21-36-15-12-26-8-9-27(18-28(26)22-36)31(37)34-30-13-16-35(17-14-30)20-24-4-2-23(19-32)3-5-24/h2-11,18,30H,12-17,20-22H2,(H,34,37). The van der Waals surface area contributed by atoms with Crippen molar-refractivity contribution in [3.63, 3.8) is 0 Å². The largest absolute Gasteiger partial charge is 0.349 e. The number of nitrogens with zero attached hydrogens (tertiary/aromatic N) is 4. The molecule has 1 saturated heterocycles. The number of rotatable bonds is 6. The molecule has 3 aromatic rings. The Kier molecular flexibility index (Phi) is 7.61. The third-order valence-corrected chi connectivity index (χ3v) is 7.44. The van der Waals surface area contributed by atoms with Gasteiger partial charge in [-0.05, 0) is 65.8 Å². The highest BCUT2D eigenvalue weighted by molar-refractivity contribution is 5.94. The Hall–Kier alpha value is -3.97. The molecular formula is C31H31N5O. The Morgan fingerprint density at radius 3 is 2.27 bits per heavy atom. The summed E-state index contributed by atoms with van der Waals surface area (Å²) in [7, 11) is 0. The van der Waals surface area contributed by atoms with Gasteiger partial charge in [-0.1, -0.05) is 42.5 Å². The highest BCUT2D eigenvalue weighted by Crippen LogP contribution is 2.23. The van der Waals surface area contributed by atoms with Crippen molar-refractivity contribution in [2.45, 2.75) is 44.9 Å². The van der Waals surface area contributed by atoms with Gasteiger partial charge in [-0.2, -0.15) is 5.26 Å². The molecule has 0 aromatic heterocycles. The zero-order chi connectivity index (χ0) is 25.6. The molecule has 1 N–H and O–H groups in total. The van der Waals surface area contributed by atoms with Gasteiger partial charge in [0.05, 0.1) is 18.2 Å². The van der Waals surface area contributed by atoms with Crippen LogP contribution in [0.2, 0.25) is 0 Å². The maximum absolute atomic E-state index is 13.1. The van der Waals surface area contributed by atoms with Crippen LogP contribution in [0.1, 0.15) is 51.0 Å². The Balaban J connectivity index is 1.13. The molecule has 37 heavy (non-hydrogen) atoms. The first-order valence-electron chi connectivity index (χ1n) is 12.9. The fourth-order valence-electron chi connectivity index (χ4n) is 5.27. The van der Waals surface area contributed by atoms with Gasteiger partial charge >= 0.3 is 0 Å². The lowest BCUT2D eigenvalue weighted by atomic mass is 9.96. The number of hydrogen-bond donors (Lipinski definition) is 1. The second-order valence-corrected chi connectivity index (χ2v) is 10.1. The minimum absolute atomic E-state index is 0.0141.